The molecule has 1 heterocycles. The van der Waals surface area contributed by atoms with Crippen molar-refractivity contribution in [3.63, 3.8) is 0 Å². The number of carbonyl (C=O) groups excluding carboxylic acids is 1. The fraction of sp³-hybridized carbons (Fsp3) is 0.118. The molecule has 0 spiro atoms. The molecule has 0 bridgehead atoms. The smallest absolute Gasteiger partial charge is 0.239 e. The second kappa shape index (κ2) is 7.40. The van der Waals surface area contributed by atoms with E-state index in [9.17, 15) is 4.79 Å². The van der Waals surface area contributed by atoms with E-state index in [1.165, 1.54) is 15.6 Å². The van der Waals surface area contributed by atoms with Crippen LogP contribution in [0.2, 0.25) is 0 Å². The summed E-state index contributed by atoms with van der Waals surface area (Å²) in [6.45, 7) is 0.618. The Hall–Kier alpha value is -1.88. The van der Waals surface area contributed by atoms with Crippen LogP contribution in [0.1, 0.15) is 17.2 Å². The van der Waals surface area contributed by atoms with E-state index in [4.69, 9.17) is 5.73 Å². The van der Waals surface area contributed by atoms with Gasteiger partial charge >= 0.3 is 0 Å². The van der Waals surface area contributed by atoms with Gasteiger partial charge in [0.1, 0.15) is 6.04 Å². The van der Waals surface area contributed by atoms with Crippen LogP contribution in [-0.2, 0) is 11.3 Å². The second-order valence-corrected chi connectivity index (χ2v) is 5.80. The topological polar surface area (TPSA) is 55.1 Å². The highest BCUT2D eigenvalue weighted by molar-refractivity contribution is 7.17. The van der Waals surface area contributed by atoms with Crippen molar-refractivity contribution in [2.75, 3.05) is 0 Å². The van der Waals surface area contributed by atoms with Crippen molar-refractivity contribution in [1.29, 1.82) is 0 Å². The molecule has 3 nitrogen and oxygen atoms in total. The number of carbonyl (C=O) groups is 1. The first-order valence-corrected chi connectivity index (χ1v) is 7.66. The fourth-order valence-corrected chi connectivity index (χ4v) is 3.37. The van der Waals surface area contributed by atoms with Crippen molar-refractivity contribution in [2.45, 2.75) is 12.6 Å². The van der Waals surface area contributed by atoms with Crippen molar-refractivity contribution in [1.82, 2.24) is 5.32 Å². The summed E-state index contributed by atoms with van der Waals surface area (Å²) in [6.07, 6.45) is 0. The molecule has 114 valence electrons. The third-order valence-electron chi connectivity index (χ3n) is 3.48. The Kier molecular flexibility index (Phi) is 5.55. The third kappa shape index (κ3) is 3.47. The van der Waals surface area contributed by atoms with Gasteiger partial charge in [-0.2, -0.15) is 0 Å². The Morgan fingerprint density at radius 2 is 1.77 bits per heavy atom. The van der Waals surface area contributed by atoms with Gasteiger partial charge in [-0.25, -0.2) is 0 Å². The molecule has 3 N–H and O–H groups in total. The lowest BCUT2D eigenvalue weighted by Crippen LogP contribution is -2.33. The number of thiophene rings is 1. The van der Waals surface area contributed by atoms with Crippen LogP contribution in [0, 0.1) is 0 Å². The predicted molar refractivity (Wildman–Crippen MR) is 94.3 cm³/mol. The first-order valence-electron chi connectivity index (χ1n) is 6.78. The van der Waals surface area contributed by atoms with Crippen LogP contribution in [0.25, 0.3) is 10.1 Å². The SMILES string of the molecule is Cl.NC(=O)C(NCc1csc2ccccc12)c1ccccc1. The van der Waals surface area contributed by atoms with Gasteiger partial charge in [0, 0.05) is 11.2 Å². The van der Waals surface area contributed by atoms with E-state index >= 15 is 0 Å². The molecule has 0 saturated carbocycles. The molecule has 5 heteroatoms. The van der Waals surface area contributed by atoms with Crippen LogP contribution < -0.4 is 11.1 Å². The molecule has 0 saturated heterocycles. The van der Waals surface area contributed by atoms with Crippen molar-refractivity contribution in [2.24, 2.45) is 5.73 Å². The van der Waals surface area contributed by atoms with E-state index in [0.29, 0.717) is 6.54 Å². The van der Waals surface area contributed by atoms with Crippen LogP contribution >= 0.6 is 23.7 Å². The molecule has 1 aromatic heterocycles. The lowest BCUT2D eigenvalue weighted by Gasteiger charge is -2.15. The number of nitrogens with one attached hydrogen (secondary N) is 1. The number of hydrogen-bond acceptors (Lipinski definition) is 3. The number of benzene rings is 2. The first kappa shape index (κ1) is 16.5. The number of amides is 1. The van der Waals surface area contributed by atoms with E-state index in [1.807, 2.05) is 42.5 Å². The lowest BCUT2D eigenvalue weighted by molar-refractivity contribution is -0.120. The van der Waals surface area contributed by atoms with Crippen molar-refractivity contribution in [3.8, 4) is 0 Å². The molecule has 0 aliphatic heterocycles. The monoisotopic (exact) mass is 332 g/mol. The number of hydrogen-bond donors (Lipinski definition) is 2. The molecule has 0 radical (unpaired) electrons. The zero-order valence-electron chi connectivity index (χ0n) is 11.9. The Morgan fingerprint density at radius 3 is 2.50 bits per heavy atom. The van der Waals surface area contributed by atoms with Gasteiger partial charge in [-0.15, -0.1) is 23.7 Å². The average molecular weight is 333 g/mol. The van der Waals surface area contributed by atoms with Crippen LogP contribution in [0.15, 0.2) is 60.0 Å². The standard InChI is InChI=1S/C17H16N2OS.ClH/c18-17(20)16(12-6-2-1-3-7-12)19-10-13-11-21-15-9-5-4-8-14(13)15;/h1-9,11,16,19H,10H2,(H2,18,20);1H. The number of fused-ring (bicyclic) bond motifs is 1. The summed E-state index contributed by atoms with van der Waals surface area (Å²) in [5.74, 6) is -0.360. The number of rotatable bonds is 5. The Labute approximate surface area is 139 Å². The maximum atomic E-state index is 11.7. The van der Waals surface area contributed by atoms with E-state index in [1.54, 1.807) is 11.3 Å². The Balaban J connectivity index is 0.00000176. The van der Waals surface area contributed by atoms with Gasteiger partial charge in [-0.3, -0.25) is 10.1 Å². The quantitative estimate of drug-likeness (QED) is 0.749. The minimum absolute atomic E-state index is 0. The van der Waals surface area contributed by atoms with Crippen molar-refractivity contribution >= 4 is 39.7 Å². The predicted octanol–water partition coefficient (Wildman–Crippen LogP) is 3.64. The van der Waals surface area contributed by atoms with E-state index in [0.717, 1.165) is 5.56 Å². The minimum Gasteiger partial charge on any atom is -0.368 e. The highest BCUT2D eigenvalue weighted by Crippen LogP contribution is 2.26. The van der Waals surface area contributed by atoms with Crippen molar-refractivity contribution < 1.29 is 4.79 Å². The molecular weight excluding hydrogens is 316 g/mol. The van der Waals surface area contributed by atoms with E-state index in [-0.39, 0.29) is 18.3 Å². The number of primary amides is 1. The summed E-state index contributed by atoms with van der Waals surface area (Å²) in [6, 6.07) is 17.4. The largest absolute Gasteiger partial charge is 0.368 e. The lowest BCUT2D eigenvalue weighted by atomic mass is 10.1. The zero-order valence-corrected chi connectivity index (χ0v) is 13.5. The Bertz CT molecular complexity index is 757. The van der Waals surface area contributed by atoms with Gasteiger partial charge in [-0.05, 0) is 28.0 Å². The Morgan fingerprint density at radius 1 is 1.09 bits per heavy atom. The summed E-state index contributed by atoms with van der Waals surface area (Å²) in [5.41, 5.74) is 7.61. The summed E-state index contributed by atoms with van der Waals surface area (Å²) in [7, 11) is 0. The zero-order chi connectivity index (χ0) is 14.7. The third-order valence-corrected chi connectivity index (χ3v) is 4.49. The van der Waals surface area contributed by atoms with Gasteiger partial charge in [0.05, 0.1) is 0 Å². The molecule has 1 atom stereocenters. The van der Waals surface area contributed by atoms with Gasteiger partial charge < -0.3 is 5.73 Å². The summed E-state index contributed by atoms with van der Waals surface area (Å²) in [4.78, 5) is 11.7. The molecule has 0 aliphatic rings. The fourth-order valence-electron chi connectivity index (χ4n) is 2.41. The van der Waals surface area contributed by atoms with Crippen LogP contribution in [0.4, 0.5) is 0 Å². The average Bonchev–Trinajstić information content (AvgIpc) is 2.92. The summed E-state index contributed by atoms with van der Waals surface area (Å²) >= 11 is 1.71. The van der Waals surface area contributed by atoms with Crippen molar-refractivity contribution in [3.05, 3.63) is 71.1 Å². The first-order chi connectivity index (χ1) is 10.3. The van der Waals surface area contributed by atoms with Crippen LogP contribution in [0.5, 0.6) is 0 Å². The summed E-state index contributed by atoms with van der Waals surface area (Å²) < 4.78 is 1.25. The highest BCUT2D eigenvalue weighted by Gasteiger charge is 2.17. The van der Waals surface area contributed by atoms with Gasteiger partial charge in [-0.1, -0.05) is 48.5 Å². The van der Waals surface area contributed by atoms with Crippen LogP contribution in [0.3, 0.4) is 0 Å². The maximum absolute atomic E-state index is 11.7. The molecule has 0 aliphatic carbocycles. The van der Waals surface area contributed by atoms with E-state index in [2.05, 4.69) is 22.8 Å². The molecule has 1 unspecified atom stereocenters. The minimum atomic E-state index is -0.468. The normalized spacial score (nSPS) is 11.8. The maximum Gasteiger partial charge on any atom is 0.239 e. The molecule has 3 aromatic rings. The molecule has 1 amide bonds. The molecule has 3 rings (SSSR count). The molecule has 0 fully saturated rings. The number of halogens is 1. The molecular formula is C17H17ClN2OS. The van der Waals surface area contributed by atoms with Gasteiger partial charge in [0.25, 0.3) is 0 Å². The number of nitrogens with two attached hydrogens (primary N) is 1. The summed E-state index contributed by atoms with van der Waals surface area (Å²) in [5, 5.41) is 6.62. The van der Waals surface area contributed by atoms with E-state index < -0.39 is 6.04 Å². The highest BCUT2D eigenvalue weighted by atomic mass is 35.5. The second-order valence-electron chi connectivity index (χ2n) is 4.88. The van der Waals surface area contributed by atoms with Crippen LogP contribution in [-0.4, -0.2) is 5.91 Å². The van der Waals surface area contributed by atoms with Gasteiger partial charge in [0.15, 0.2) is 0 Å². The molecule has 22 heavy (non-hydrogen) atoms. The van der Waals surface area contributed by atoms with Gasteiger partial charge in [0.2, 0.25) is 5.91 Å². The molecule has 2 aromatic carbocycles.